The molecule has 0 spiro atoms. The molecule has 8 heteroatoms. The van der Waals surface area contributed by atoms with Gasteiger partial charge in [-0.1, -0.05) is 62.4 Å². The fourth-order valence-corrected chi connectivity index (χ4v) is 4.88. The molecule has 0 bridgehead atoms. The van der Waals surface area contributed by atoms with Crippen LogP contribution in [0.2, 0.25) is 0 Å². The molecule has 4 rings (SSSR count). The van der Waals surface area contributed by atoms with Crippen LogP contribution >= 0.6 is 11.8 Å². The maximum Gasteiger partial charge on any atom is 0.226 e. The Hall–Kier alpha value is -2.97. The van der Waals surface area contributed by atoms with E-state index in [4.69, 9.17) is 0 Å². The molecule has 1 fully saturated rings. The van der Waals surface area contributed by atoms with Crippen molar-refractivity contribution in [1.29, 1.82) is 0 Å². The van der Waals surface area contributed by atoms with Gasteiger partial charge < -0.3 is 9.88 Å². The first-order valence-corrected chi connectivity index (χ1v) is 13.2. The lowest BCUT2D eigenvalue weighted by atomic mass is 10.1. The van der Waals surface area contributed by atoms with E-state index in [1.54, 1.807) is 24.3 Å². The number of rotatable bonds is 10. The van der Waals surface area contributed by atoms with Crippen molar-refractivity contribution in [3.63, 3.8) is 0 Å². The van der Waals surface area contributed by atoms with Crippen LogP contribution in [0, 0.1) is 5.92 Å². The highest BCUT2D eigenvalue weighted by Gasteiger charge is 2.19. The zero-order valence-electron chi connectivity index (χ0n) is 20.4. The molecule has 0 unspecified atom stereocenters. The fraction of sp³-hybridized carbons (Fsp3) is 0.407. The van der Waals surface area contributed by atoms with Gasteiger partial charge in [-0.15, -0.1) is 10.2 Å². The number of benzene rings is 2. The second-order valence-electron chi connectivity index (χ2n) is 9.24. The Morgan fingerprint density at radius 3 is 2.34 bits per heavy atom. The summed E-state index contributed by atoms with van der Waals surface area (Å²) in [5.41, 5.74) is 2.49. The molecule has 35 heavy (non-hydrogen) atoms. The molecule has 1 aliphatic heterocycles. The molecular formula is C27H33N5O2S. The molecule has 1 aliphatic rings. The number of ketones is 1. The molecule has 0 atom stereocenters. The van der Waals surface area contributed by atoms with Crippen molar-refractivity contribution in [3.05, 3.63) is 71.5 Å². The summed E-state index contributed by atoms with van der Waals surface area (Å²) < 4.78 is 2.15. The van der Waals surface area contributed by atoms with Gasteiger partial charge in [0.2, 0.25) is 5.91 Å². The molecule has 0 radical (unpaired) electrons. The smallest absolute Gasteiger partial charge is 0.226 e. The standard InChI is InChI=1S/C27H33N5O2S/c1-20(2)26(34)28-23-13-11-22(12-14-23)24(33)19-35-27-30-29-25(18-31-15-7-4-8-16-31)32(27)17-21-9-5-3-6-10-21/h3,5-6,9-14,20H,4,7-8,15-19H2,1-2H3,(H,28,34). The number of carbonyl (C=O) groups excluding carboxylic acids is 2. The Bertz CT molecular complexity index is 1120. The van der Waals surface area contributed by atoms with Crippen molar-refractivity contribution in [1.82, 2.24) is 19.7 Å². The molecule has 2 aromatic carbocycles. The van der Waals surface area contributed by atoms with E-state index in [-0.39, 0.29) is 23.4 Å². The number of thioether (sulfide) groups is 1. The number of likely N-dealkylation sites (tertiary alicyclic amines) is 1. The number of piperidine rings is 1. The van der Waals surface area contributed by atoms with E-state index < -0.39 is 0 Å². The van der Waals surface area contributed by atoms with Gasteiger partial charge in [0.1, 0.15) is 5.82 Å². The third-order valence-electron chi connectivity index (χ3n) is 6.12. The van der Waals surface area contributed by atoms with Gasteiger partial charge in [0, 0.05) is 17.2 Å². The van der Waals surface area contributed by atoms with Crippen LogP contribution in [0.25, 0.3) is 0 Å². The van der Waals surface area contributed by atoms with Gasteiger partial charge in [-0.05, 0) is 55.8 Å². The molecule has 1 N–H and O–H groups in total. The van der Waals surface area contributed by atoms with Crippen LogP contribution in [0.5, 0.6) is 0 Å². The SMILES string of the molecule is CC(C)C(=O)Nc1ccc(C(=O)CSc2nnc(CN3CCCCC3)n2Cc2ccccc2)cc1. The average Bonchev–Trinajstić information content (AvgIpc) is 3.24. The van der Waals surface area contributed by atoms with E-state index in [0.29, 0.717) is 17.8 Å². The van der Waals surface area contributed by atoms with Crippen LogP contribution in [-0.2, 0) is 17.9 Å². The molecule has 2 heterocycles. The number of Topliss-reactive ketones (excluding diaryl/α,β-unsaturated/α-hetero) is 1. The van der Waals surface area contributed by atoms with Crippen LogP contribution in [0.15, 0.2) is 59.8 Å². The van der Waals surface area contributed by atoms with Crippen LogP contribution in [0.3, 0.4) is 0 Å². The summed E-state index contributed by atoms with van der Waals surface area (Å²) in [6.07, 6.45) is 3.74. The highest BCUT2D eigenvalue weighted by Crippen LogP contribution is 2.22. The first-order valence-electron chi connectivity index (χ1n) is 12.2. The quantitative estimate of drug-likeness (QED) is 0.322. The Labute approximate surface area is 211 Å². The zero-order chi connectivity index (χ0) is 24.6. The summed E-state index contributed by atoms with van der Waals surface area (Å²) >= 11 is 1.42. The van der Waals surface area contributed by atoms with Gasteiger partial charge in [0.15, 0.2) is 10.9 Å². The summed E-state index contributed by atoms with van der Waals surface area (Å²) in [4.78, 5) is 27.2. The summed E-state index contributed by atoms with van der Waals surface area (Å²) in [6, 6.07) is 17.3. The summed E-state index contributed by atoms with van der Waals surface area (Å²) in [7, 11) is 0. The molecule has 0 aliphatic carbocycles. The molecular weight excluding hydrogens is 458 g/mol. The molecule has 184 valence electrons. The second-order valence-corrected chi connectivity index (χ2v) is 10.2. The lowest BCUT2D eigenvalue weighted by Crippen LogP contribution is -2.30. The van der Waals surface area contributed by atoms with Crippen molar-refractivity contribution >= 4 is 29.1 Å². The van der Waals surface area contributed by atoms with E-state index in [1.165, 1.54) is 36.6 Å². The van der Waals surface area contributed by atoms with Gasteiger partial charge in [0.05, 0.1) is 18.8 Å². The third-order valence-corrected chi connectivity index (χ3v) is 7.09. The van der Waals surface area contributed by atoms with Crippen molar-refractivity contribution < 1.29 is 9.59 Å². The minimum absolute atomic E-state index is 0.0172. The first kappa shape index (κ1) is 25.1. The molecule has 1 amide bonds. The number of hydrogen-bond donors (Lipinski definition) is 1. The van der Waals surface area contributed by atoms with E-state index >= 15 is 0 Å². The number of nitrogens with one attached hydrogen (secondary N) is 1. The maximum absolute atomic E-state index is 12.9. The number of carbonyl (C=O) groups is 2. The largest absolute Gasteiger partial charge is 0.326 e. The molecule has 0 saturated carbocycles. The minimum Gasteiger partial charge on any atom is -0.326 e. The number of nitrogens with zero attached hydrogens (tertiary/aromatic N) is 4. The predicted molar refractivity (Wildman–Crippen MR) is 140 cm³/mol. The number of amides is 1. The summed E-state index contributed by atoms with van der Waals surface area (Å²) in [5.74, 6) is 1.09. The molecule has 7 nitrogen and oxygen atoms in total. The zero-order valence-corrected chi connectivity index (χ0v) is 21.3. The Morgan fingerprint density at radius 2 is 1.66 bits per heavy atom. The monoisotopic (exact) mass is 491 g/mol. The minimum atomic E-state index is -0.0965. The number of anilines is 1. The Morgan fingerprint density at radius 1 is 0.943 bits per heavy atom. The normalized spacial score (nSPS) is 14.3. The van der Waals surface area contributed by atoms with Gasteiger partial charge in [-0.2, -0.15) is 0 Å². The highest BCUT2D eigenvalue weighted by atomic mass is 32.2. The van der Waals surface area contributed by atoms with Gasteiger partial charge in [-0.3, -0.25) is 14.5 Å². The lowest BCUT2D eigenvalue weighted by molar-refractivity contribution is -0.118. The average molecular weight is 492 g/mol. The maximum atomic E-state index is 12.9. The van der Waals surface area contributed by atoms with Gasteiger partial charge in [-0.25, -0.2) is 0 Å². The van der Waals surface area contributed by atoms with Crippen LogP contribution < -0.4 is 5.32 Å². The molecule has 3 aromatic rings. The van der Waals surface area contributed by atoms with E-state index in [2.05, 4.69) is 37.1 Å². The van der Waals surface area contributed by atoms with E-state index in [9.17, 15) is 9.59 Å². The van der Waals surface area contributed by atoms with E-state index in [0.717, 1.165) is 30.6 Å². The predicted octanol–water partition coefficient (Wildman–Crippen LogP) is 4.88. The van der Waals surface area contributed by atoms with Crippen molar-refractivity contribution in [2.75, 3.05) is 24.2 Å². The second kappa shape index (κ2) is 12.1. The first-order chi connectivity index (χ1) is 17.0. The molecule has 1 saturated heterocycles. The van der Waals surface area contributed by atoms with Crippen molar-refractivity contribution in [3.8, 4) is 0 Å². The lowest BCUT2D eigenvalue weighted by Gasteiger charge is -2.26. The van der Waals surface area contributed by atoms with Crippen LogP contribution in [0.4, 0.5) is 5.69 Å². The fourth-order valence-electron chi connectivity index (χ4n) is 4.02. The summed E-state index contributed by atoms with van der Waals surface area (Å²) in [5, 5.41) is 12.6. The Kier molecular flexibility index (Phi) is 8.71. The van der Waals surface area contributed by atoms with Crippen LogP contribution in [-0.4, -0.2) is 50.2 Å². The number of aromatic nitrogens is 3. The third kappa shape index (κ3) is 7.02. The summed E-state index contributed by atoms with van der Waals surface area (Å²) in [6.45, 7) is 7.33. The van der Waals surface area contributed by atoms with Crippen molar-refractivity contribution in [2.24, 2.45) is 5.92 Å². The van der Waals surface area contributed by atoms with Gasteiger partial charge in [0.25, 0.3) is 0 Å². The number of hydrogen-bond acceptors (Lipinski definition) is 6. The Balaban J connectivity index is 1.44. The van der Waals surface area contributed by atoms with Crippen molar-refractivity contribution in [2.45, 2.75) is 51.4 Å². The molecule has 1 aromatic heterocycles. The van der Waals surface area contributed by atoms with Gasteiger partial charge >= 0.3 is 0 Å². The topological polar surface area (TPSA) is 80.1 Å². The highest BCUT2D eigenvalue weighted by molar-refractivity contribution is 7.99. The van der Waals surface area contributed by atoms with E-state index in [1.807, 2.05) is 32.0 Å². The van der Waals surface area contributed by atoms with Crippen LogP contribution in [0.1, 0.15) is 54.9 Å².